The first kappa shape index (κ1) is 17.7. The molecule has 1 aromatic carbocycles. The lowest BCUT2D eigenvalue weighted by atomic mass is 10.1. The normalized spacial score (nSPS) is 11.0. The average molecular weight is 380 g/mol. The number of hydrogen-bond acceptors (Lipinski definition) is 4. The van der Waals surface area contributed by atoms with Crippen molar-refractivity contribution in [3.8, 4) is 11.3 Å². The summed E-state index contributed by atoms with van der Waals surface area (Å²) in [5, 5.41) is 6.73. The molecule has 2 aromatic rings. The first-order valence-electron chi connectivity index (χ1n) is 7.87. The maximum atomic E-state index is 12.1. The fraction of sp³-hybridized carbons (Fsp3) is 0.412. The number of nitrogens with zero attached hydrogens (tertiary/aromatic N) is 2. The zero-order valence-corrected chi connectivity index (χ0v) is 15.1. The van der Waals surface area contributed by atoms with Gasteiger partial charge in [0.25, 0.3) is 5.91 Å². The van der Waals surface area contributed by atoms with Gasteiger partial charge >= 0.3 is 0 Å². The number of carbonyl (C=O) groups is 1. The lowest BCUT2D eigenvalue weighted by molar-refractivity contribution is 0.0943. The van der Waals surface area contributed by atoms with Crippen molar-refractivity contribution in [3.63, 3.8) is 0 Å². The number of halogens is 1. The molecule has 0 saturated heterocycles. The molecule has 0 atom stereocenters. The lowest BCUT2D eigenvalue weighted by Crippen LogP contribution is -2.30. The fourth-order valence-electron chi connectivity index (χ4n) is 2.27. The summed E-state index contributed by atoms with van der Waals surface area (Å²) in [6.45, 7) is 7.96. The molecule has 2 rings (SSSR count). The predicted octanol–water partition coefficient (Wildman–Crippen LogP) is 3.57. The monoisotopic (exact) mass is 379 g/mol. The molecule has 0 bridgehead atoms. The van der Waals surface area contributed by atoms with Crippen LogP contribution in [0.4, 0.5) is 0 Å². The fourth-order valence-corrected chi connectivity index (χ4v) is 2.53. The molecule has 6 heteroatoms. The third-order valence-corrected chi connectivity index (χ3v) is 4.23. The van der Waals surface area contributed by atoms with Gasteiger partial charge in [-0.2, -0.15) is 0 Å². The zero-order chi connectivity index (χ0) is 16.7. The van der Waals surface area contributed by atoms with Crippen LogP contribution in [-0.2, 0) is 0 Å². The van der Waals surface area contributed by atoms with Crippen molar-refractivity contribution in [2.75, 3.05) is 26.2 Å². The van der Waals surface area contributed by atoms with Crippen molar-refractivity contribution in [2.24, 2.45) is 0 Å². The highest BCUT2D eigenvalue weighted by molar-refractivity contribution is 9.10. The van der Waals surface area contributed by atoms with Crippen molar-refractivity contribution in [2.45, 2.75) is 20.3 Å². The van der Waals surface area contributed by atoms with Crippen LogP contribution in [0.1, 0.15) is 30.8 Å². The summed E-state index contributed by atoms with van der Waals surface area (Å²) in [6.07, 6.45) is 0.921. The number of amides is 1. The summed E-state index contributed by atoms with van der Waals surface area (Å²) in [6, 6.07) is 9.34. The van der Waals surface area contributed by atoms with Gasteiger partial charge in [0.1, 0.15) is 0 Å². The first-order chi connectivity index (χ1) is 11.1. The van der Waals surface area contributed by atoms with Crippen LogP contribution in [0.3, 0.4) is 0 Å². The van der Waals surface area contributed by atoms with Crippen molar-refractivity contribution >= 4 is 21.8 Å². The summed E-state index contributed by atoms with van der Waals surface area (Å²) in [4.78, 5) is 14.4. The number of benzene rings is 1. The van der Waals surface area contributed by atoms with Gasteiger partial charge in [-0.15, -0.1) is 0 Å². The number of rotatable bonds is 8. The molecule has 0 aliphatic carbocycles. The molecule has 0 aliphatic rings. The highest BCUT2D eigenvalue weighted by atomic mass is 79.9. The van der Waals surface area contributed by atoms with Crippen molar-refractivity contribution in [1.29, 1.82) is 0 Å². The Bertz CT molecular complexity index is 621. The van der Waals surface area contributed by atoms with E-state index in [0.717, 1.165) is 36.1 Å². The quantitative estimate of drug-likeness (QED) is 0.712. The van der Waals surface area contributed by atoms with Gasteiger partial charge in [-0.3, -0.25) is 4.79 Å². The average Bonchev–Trinajstić information content (AvgIpc) is 3.05. The second-order valence-corrected chi connectivity index (χ2v) is 6.14. The highest BCUT2D eigenvalue weighted by Gasteiger charge is 2.13. The van der Waals surface area contributed by atoms with Gasteiger partial charge in [-0.25, -0.2) is 0 Å². The van der Waals surface area contributed by atoms with E-state index in [2.05, 4.69) is 45.2 Å². The van der Waals surface area contributed by atoms with Crippen LogP contribution in [0.5, 0.6) is 0 Å². The summed E-state index contributed by atoms with van der Waals surface area (Å²) in [7, 11) is 0. The minimum Gasteiger partial charge on any atom is -0.355 e. The minimum absolute atomic E-state index is 0.198. The maximum Gasteiger partial charge on any atom is 0.273 e. The Morgan fingerprint density at radius 3 is 2.61 bits per heavy atom. The van der Waals surface area contributed by atoms with Gasteiger partial charge in [0, 0.05) is 22.6 Å². The van der Waals surface area contributed by atoms with Crippen LogP contribution >= 0.6 is 15.9 Å². The number of hydrogen-bond donors (Lipinski definition) is 1. The maximum absolute atomic E-state index is 12.1. The van der Waals surface area contributed by atoms with Crippen molar-refractivity contribution < 1.29 is 9.32 Å². The minimum atomic E-state index is -0.198. The van der Waals surface area contributed by atoms with E-state index in [1.165, 1.54) is 0 Å². The van der Waals surface area contributed by atoms with Gasteiger partial charge in [-0.1, -0.05) is 47.1 Å². The van der Waals surface area contributed by atoms with Crippen LogP contribution in [0.2, 0.25) is 0 Å². The van der Waals surface area contributed by atoms with E-state index in [1.807, 2.05) is 24.3 Å². The van der Waals surface area contributed by atoms with Crippen LogP contribution in [0.25, 0.3) is 11.3 Å². The summed E-state index contributed by atoms with van der Waals surface area (Å²) < 4.78 is 6.25. The van der Waals surface area contributed by atoms with Crippen molar-refractivity contribution in [3.05, 3.63) is 40.5 Å². The molecule has 124 valence electrons. The molecule has 0 unspecified atom stereocenters. The Balaban J connectivity index is 1.85. The van der Waals surface area contributed by atoms with Gasteiger partial charge in [-0.05, 0) is 38.2 Å². The van der Waals surface area contributed by atoms with Gasteiger partial charge in [0.15, 0.2) is 11.5 Å². The van der Waals surface area contributed by atoms with E-state index in [-0.39, 0.29) is 5.91 Å². The van der Waals surface area contributed by atoms with Crippen LogP contribution in [0, 0.1) is 0 Å². The van der Waals surface area contributed by atoms with E-state index in [4.69, 9.17) is 4.52 Å². The van der Waals surface area contributed by atoms with Crippen molar-refractivity contribution in [1.82, 2.24) is 15.4 Å². The molecular formula is C17H22BrN3O2. The Labute approximate surface area is 145 Å². The van der Waals surface area contributed by atoms with Gasteiger partial charge in [0.2, 0.25) is 0 Å². The number of nitrogens with one attached hydrogen (secondary N) is 1. The largest absolute Gasteiger partial charge is 0.355 e. The van der Waals surface area contributed by atoms with E-state index >= 15 is 0 Å². The Morgan fingerprint density at radius 2 is 1.96 bits per heavy atom. The number of carbonyl (C=O) groups excluding carboxylic acids is 1. The molecule has 5 nitrogen and oxygen atoms in total. The standard InChI is InChI=1S/C17H22BrN3O2/c1-3-21(4-2)11-5-10-19-17(22)15-12-16(23-20-15)13-6-8-14(18)9-7-13/h6-9,12H,3-5,10-11H2,1-2H3,(H,19,22). The van der Waals surface area contributed by atoms with E-state index in [1.54, 1.807) is 6.07 Å². The number of aromatic nitrogens is 1. The van der Waals surface area contributed by atoms with Gasteiger partial charge < -0.3 is 14.7 Å². The smallest absolute Gasteiger partial charge is 0.273 e. The third kappa shape index (κ3) is 5.18. The Hall–Kier alpha value is -1.66. The molecular weight excluding hydrogens is 358 g/mol. The van der Waals surface area contributed by atoms with Crippen LogP contribution in [-0.4, -0.2) is 42.1 Å². The third-order valence-electron chi connectivity index (χ3n) is 3.70. The van der Waals surface area contributed by atoms with Gasteiger partial charge in [0.05, 0.1) is 0 Å². The van der Waals surface area contributed by atoms with E-state index < -0.39 is 0 Å². The van der Waals surface area contributed by atoms with Crippen LogP contribution in [0.15, 0.2) is 39.3 Å². The second-order valence-electron chi connectivity index (χ2n) is 5.22. The summed E-state index contributed by atoms with van der Waals surface area (Å²) in [5.74, 6) is 0.391. The molecule has 0 aliphatic heterocycles. The molecule has 1 heterocycles. The summed E-state index contributed by atoms with van der Waals surface area (Å²) >= 11 is 3.39. The molecule has 1 N–H and O–H groups in total. The lowest BCUT2D eigenvalue weighted by Gasteiger charge is -2.17. The molecule has 0 radical (unpaired) electrons. The Morgan fingerprint density at radius 1 is 1.26 bits per heavy atom. The molecule has 0 saturated carbocycles. The Kier molecular flexibility index (Phi) is 6.80. The van der Waals surface area contributed by atoms with Crippen LogP contribution < -0.4 is 5.32 Å². The topological polar surface area (TPSA) is 58.4 Å². The van der Waals surface area contributed by atoms with E-state index in [0.29, 0.717) is 18.0 Å². The highest BCUT2D eigenvalue weighted by Crippen LogP contribution is 2.22. The zero-order valence-electron chi connectivity index (χ0n) is 13.5. The molecule has 0 fully saturated rings. The molecule has 0 spiro atoms. The SMILES string of the molecule is CCN(CC)CCCNC(=O)c1cc(-c2ccc(Br)cc2)on1. The van der Waals surface area contributed by atoms with E-state index in [9.17, 15) is 4.79 Å². The predicted molar refractivity (Wildman–Crippen MR) is 94.4 cm³/mol. The molecule has 1 amide bonds. The molecule has 1 aromatic heterocycles. The second kappa shape index (κ2) is 8.84. The first-order valence-corrected chi connectivity index (χ1v) is 8.66. The summed E-state index contributed by atoms with van der Waals surface area (Å²) in [5.41, 5.74) is 1.20. The molecule has 23 heavy (non-hydrogen) atoms.